The first kappa shape index (κ1) is 19.9. The molecule has 1 saturated carbocycles. The molecule has 146 valence electrons. The van der Waals surface area contributed by atoms with Gasteiger partial charge in [-0.15, -0.1) is 0 Å². The summed E-state index contributed by atoms with van der Waals surface area (Å²) in [6, 6.07) is 11.3. The number of hydrogen-bond acceptors (Lipinski definition) is 5. The lowest BCUT2D eigenvalue weighted by molar-refractivity contribution is 0.355. The van der Waals surface area contributed by atoms with Gasteiger partial charge >= 0.3 is 0 Å². The standard InChI is InChI=1S/C21H30ClN5/c1-15-24-20(14-21(25-15)27(2)3)26-19-10-8-18(9-11-19)23-13-12-16-4-6-17(22)7-5-16/h4-7,14,18-19,23H,8-13H2,1-3H3,(H,24,25,26). The van der Waals surface area contributed by atoms with E-state index in [1.165, 1.54) is 31.2 Å². The fourth-order valence-electron chi connectivity index (χ4n) is 3.58. The summed E-state index contributed by atoms with van der Waals surface area (Å²) in [7, 11) is 4.01. The number of nitrogens with one attached hydrogen (secondary N) is 2. The van der Waals surface area contributed by atoms with E-state index in [0.717, 1.165) is 35.4 Å². The van der Waals surface area contributed by atoms with Gasteiger partial charge in [0.15, 0.2) is 0 Å². The largest absolute Gasteiger partial charge is 0.367 e. The molecule has 27 heavy (non-hydrogen) atoms. The van der Waals surface area contributed by atoms with Crippen LogP contribution < -0.4 is 15.5 Å². The van der Waals surface area contributed by atoms with Crippen molar-refractivity contribution in [2.45, 2.75) is 51.1 Å². The van der Waals surface area contributed by atoms with Crippen LogP contribution in [0.4, 0.5) is 11.6 Å². The molecule has 1 aliphatic rings. The zero-order chi connectivity index (χ0) is 19.2. The third kappa shape index (κ3) is 6.08. The summed E-state index contributed by atoms with van der Waals surface area (Å²) >= 11 is 5.94. The molecule has 1 aliphatic carbocycles. The molecule has 0 atom stereocenters. The summed E-state index contributed by atoms with van der Waals surface area (Å²) in [4.78, 5) is 11.0. The zero-order valence-electron chi connectivity index (χ0n) is 16.5. The van der Waals surface area contributed by atoms with Crippen LogP contribution in [0.15, 0.2) is 30.3 Å². The Kier molecular flexibility index (Phi) is 6.91. The van der Waals surface area contributed by atoms with Crippen LogP contribution in [-0.2, 0) is 6.42 Å². The van der Waals surface area contributed by atoms with Gasteiger partial charge < -0.3 is 15.5 Å². The second-order valence-electron chi connectivity index (χ2n) is 7.58. The zero-order valence-corrected chi connectivity index (χ0v) is 17.3. The summed E-state index contributed by atoms with van der Waals surface area (Å²) in [6.07, 6.45) is 5.77. The van der Waals surface area contributed by atoms with Crippen LogP contribution in [0.1, 0.15) is 37.1 Å². The molecule has 2 aromatic rings. The normalized spacial score (nSPS) is 19.7. The maximum Gasteiger partial charge on any atom is 0.133 e. The smallest absolute Gasteiger partial charge is 0.133 e. The minimum absolute atomic E-state index is 0.489. The number of rotatable bonds is 7. The molecule has 0 radical (unpaired) electrons. The van der Waals surface area contributed by atoms with Gasteiger partial charge in [-0.2, -0.15) is 0 Å². The Bertz CT molecular complexity index is 724. The van der Waals surface area contributed by atoms with Crippen molar-refractivity contribution in [3.63, 3.8) is 0 Å². The van der Waals surface area contributed by atoms with Crippen molar-refractivity contribution in [3.05, 3.63) is 46.7 Å². The van der Waals surface area contributed by atoms with E-state index in [9.17, 15) is 0 Å². The molecule has 2 N–H and O–H groups in total. The van der Waals surface area contributed by atoms with E-state index in [4.69, 9.17) is 11.6 Å². The highest BCUT2D eigenvalue weighted by atomic mass is 35.5. The summed E-state index contributed by atoms with van der Waals surface area (Å²) in [5.74, 6) is 2.69. The van der Waals surface area contributed by atoms with Crippen molar-refractivity contribution < 1.29 is 0 Å². The SMILES string of the molecule is Cc1nc(NC2CCC(NCCc3ccc(Cl)cc3)CC2)cc(N(C)C)n1. The average Bonchev–Trinajstić information content (AvgIpc) is 2.64. The predicted molar refractivity (Wildman–Crippen MR) is 114 cm³/mol. The van der Waals surface area contributed by atoms with Crippen molar-refractivity contribution in [2.24, 2.45) is 0 Å². The number of benzene rings is 1. The summed E-state index contributed by atoms with van der Waals surface area (Å²) in [6.45, 7) is 2.96. The molecule has 0 aliphatic heterocycles. The Morgan fingerprint density at radius 1 is 1.04 bits per heavy atom. The predicted octanol–water partition coefficient (Wildman–Crippen LogP) is 4.06. The molecule has 0 saturated heterocycles. The highest BCUT2D eigenvalue weighted by molar-refractivity contribution is 6.30. The maximum atomic E-state index is 5.94. The lowest BCUT2D eigenvalue weighted by atomic mass is 9.91. The maximum absolute atomic E-state index is 5.94. The van der Waals surface area contributed by atoms with Crippen LogP contribution in [0.3, 0.4) is 0 Å². The number of aromatic nitrogens is 2. The molecule has 3 rings (SSSR count). The first-order chi connectivity index (χ1) is 13.0. The lowest BCUT2D eigenvalue weighted by Crippen LogP contribution is -2.38. The van der Waals surface area contributed by atoms with E-state index in [1.54, 1.807) is 0 Å². The van der Waals surface area contributed by atoms with Gasteiger partial charge in [-0.3, -0.25) is 0 Å². The van der Waals surface area contributed by atoms with Crippen LogP contribution in [0, 0.1) is 6.92 Å². The molecule has 5 nitrogen and oxygen atoms in total. The van der Waals surface area contributed by atoms with E-state index < -0.39 is 0 Å². The van der Waals surface area contributed by atoms with E-state index >= 15 is 0 Å². The van der Waals surface area contributed by atoms with Crippen LogP contribution >= 0.6 is 11.6 Å². The minimum Gasteiger partial charge on any atom is -0.367 e. The topological polar surface area (TPSA) is 53.1 Å². The van der Waals surface area contributed by atoms with Gasteiger partial charge in [0.05, 0.1) is 0 Å². The monoisotopic (exact) mass is 387 g/mol. The van der Waals surface area contributed by atoms with Crippen molar-refractivity contribution in [1.82, 2.24) is 15.3 Å². The number of aryl methyl sites for hydroxylation is 1. The van der Waals surface area contributed by atoms with E-state index in [1.807, 2.05) is 44.1 Å². The Hall–Kier alpha value is -1.85. The first-order valence-electron chi connectivity index (χ1n) is 9.77. The van der Waals surface area contributed by atoms with Gasteiger partial charge in [0.2, 0.25) is 0 Å². The van der Waals surface area contributed by atoms with Crippen molar-refractivity contribution >= 4 is 23.2 Å². The Morgan fingerprint density at radius 2 is 1.70 bits per heavy atom. The summed E-state index contributed by atoms with van der Waals surface area (Å²) in [5.41, 5.74) is 1.33. The second-order valence-corrected chi connectivity index (χ2v) is 8.01. The van der Waals surface area contributed by atoms with Crippen molar-refractivity contribution in [3.8, 4) is 0 Å². The van der Waals surface area contributed by atoms with Crippen LogP contribution in [0.25, 0.3) is 0 Å². The quantitative estimate of drug-likeness (QED) is 0.750. The number of halogens is 1. The Labute approximate surface area is 167 Å². The molecule has 1 aromatic carbocycles. The number of nitrogens with zero attached hydrogens (tertiary/aromatic N) is 3. The number of hydrogen-bond donors (Lipinski definition) is 2. The summed E-state index contributed by atoms with van der Waals surface area (Å²) in [5, 5.41) is 8.12. The third-order valence-electron chi connectivity index (χ3n) is 5.12. The average molecular weight is 388 g/mol. The van der Waals surface area contributed by atoms with Crippen LogP contribution in [-0.4, -0.2) is 42.7 Å². The number of anilines is 2. The highest BCUT2D eigenvalue weighted by Gasteiger charge is 2.21. The second kappa shape index (κ2) is 9.38. The van der Waals surface area contributed by atoms with Crippen LogP contribution in [0.2, 0.25) is 5.02 Å². The van der Waals surface area contributed by atoms with Gasteiger partial charge in [0.1, 0.15) is 17.5 Å². The van der Waals surface area contributed by atoms with Gasteiger partial charge in [0, 0.05) is 37.3 Å². The highest BCUT2D eigenvalue weighted by Crippen LogP contribution is 2.23. The van der Waals surface area contributed by atoms with Gasteiger partial charge in [-0.25, -0.2) is 9.97 Å². The van der Waals surface area contributed by atoms with Gasteiger partial charge in [-0.05, 0) is 63.3 Å². The van der Waals surface area contributed by atoms with E-state index in [2.05, 4.69) is 32.7 Å². The summed E-state index contributed by atoms with van der Waals surface area (Å²) < 4.78 is 0. The fraction of sp³-hybridized carbons (Fsp3) is 0.524. The fourth-order valence-corrected chi connectivity index (χ4v) is 3.70. The van der Waals surface area contributed by atoms with Gasteiger partial charge in [0.25, 0.3) is 0 Å². The van der Waals surface area contributed by atoms with E-state index in [-0.39, 0.29) is 0 Å². The molecule has 1 fully saturated rings. The Morgan fingerprint density at radius 3 is 2.37 bits per heavy atom. The molecule has 1 heterocycles. The molecular weight excluding hydrogens is 358 g/mol. The lowest BCUT2D eigenvalue weighted by Gasteiger charge is -2.30. The molecule has 1 aromatic heterocycles. The minimum atomic E-state index is 0.489. The van der Waals surface area contributed by atoms with E-state index in [0.29, 0.717) is 12.1 Å². The first-order valence-corrected chi connectivity index (χ1v) is 10.1. The molecule has 0 spiro atoms. The molecule has 0 amide bonds. The molecule has 0 unspecified atom stereocenters. The Balaban J connectivity index is 1.42. The molecule has 6 heteroatoms. The molecular formula is C21H30ClN5. The van der Waals surface area contributed by atoms with Gasteiger partial charge in [-0.1, -0.05) is 23.7 Å². The molecule has 0 bridgehead atoms. The van der Waals surface area contributed by atoms with Crippen molar-refractivity contribution in [2.75, 3.05) is 30.9 Å². The van der Waals surface area contributed by atoms with Crippen molar-refractivity contribution in [1.29, 1.82) is 0 Å². The third-order valence-corrected chi connectivity index (χ3v) is 5.37. The van der Waals surface area contributed by atoms with Crippen LogP contribution in [0.5, 0.6) is 0 Å².